The molecule has 0 saturated heterocycles. The number of rotatable bonds is 4. The lowest BCUT2D eigenvalue weighted by Gasteiger charge is -2.30. The Balaban J connectivity index is 1.69. The Hall–Kier alpha value is -2.14. The van der Waals surface area contributed by atoms with Gasteiger partial charge in [0.2, 0.25) is 11.8 Å². The molecule has 3 rings (SSSR count). The summed E-state index contributed by atoms with van der Waals surface area (Å²) in [7, 11) is 0. The third-order valence-electron chi connectivity index (χ3n) is 4.13. The predicted octanol–water partition coefficient (Wildman–Crippen LogP) is 2.90. The van der Waals surface area contributed by atoms with Crippen molar-refractivity contribution in [2.24, 2.45) is 0 Å². The average molecular weight is 328 g/mol. The number of carbonyl (C=O) groups excluding carboxylic acids is 2. The van der Waals surface area contributed by atoms with E-state index in [0.29, 0.717) is 13.0 Å². The predicted molar refractivity (Wildman–Crippen MR) is 91.1 cm³/mol. The fourth-order valence-electron chi connectivity index (χ4n) is 2.97. The summed E-state index contributed by atoms with van der Waals surface area (Å²) < 4.78 is 0. The Kier molecular flexibility index (Phi) is 4.76. The van der Waals surface area contributed by atoms with E-state index in [1.54, 1.807) is 11.3 Å². The van der Waals surface area contributed by atoms with Gasteiger partial charge in [-0.15, -0.1) is 11.3 Å². The lowest BCUT2D eigenvalue weighted by atomic mass is 9.99. The molecule has 120 valence electrons. The molecule has 5 heteroatoms. The number of nitrogens with one attached hydrogen (secondary N) is 1. The van der Waals surface area contributed by atoms with Gasteiger partial charge in [-0.1, -0.05) is 30.3 Å². The topological polar surface area (TPSA) is 49.4 Å². The number of nitrogens with zero attached hydrogens (tertiary/aromatic N) is 1. The van der Waals surface area contributed by atoms with Gasteiger partial charge in [0, 0.05) is 24.9 Å². The van der Waals surface area contributed by atoms with Crippen LogP contribution >= 0.6 is 11.3 Å². The molecule has 1 atom stereocenters. The first-order chi connectivity index (χ1) is 11.1. The van der Waals surface area contributed by atoms with Gasteiger partial charge in [-0.2, -0.15) is 0 Å². The van der Waals surface area contributed by atoms with Crippen molar-refractivity contribution in [2.75, 3.05) is 6.54 Å². The molecule has 23 heavy (non-hydrogen) atoms. The van der Waals surface area contributed by atoms with Crippen molar-refractivity contribution in [2.45, 2.75) is 32.4 Å². The summed E-state index contributed by atoms with van der Waals surface area (Å²) >= 11 is 1.56. The molecule has 0 aliphatic carbocycles. The van der Waals surface area contributed by atoms with Crippen LogP contribution in [-0.4, -0.2) is 23.3 Å². The molecule has 2 aromatic rings. The Morgan fingerprint density at radius 1 is 1.22 bits per heavy atom. The molecule has 0 saturated carbocycles. The van der Waals surface area contributed by atoms with Gasteiger partial charge in [-0.25, -0.2) is 0 Å². The number of amides is 2. The largest absolute Gasteiger partial charge is 0.348 e. The second-order valence-electron chi connectivity index (χ2n) is 5.81. The zero-order valence-corrected chi connectivity index (χ0v) is 13.9. The molecule has 0 fully saturated rings. The minimum atomic E-state index is -0.239. The van der Waals surface area contributed by atoms with Crippen molar-refractivity contribution in [3.05, 3.63) is 57.8 Å². The molecular weight excluding hydrogens is 308 g/mol. The van der Waals surface area contributed by atoms with Gasteiger partial charge < -0.3 is 10.2 Å². The number of carbonyl (C=O) groups is 2. The average Bonchev–Trinajstić information content (AvgIpc) is 3.07. The molecule has 1 aliphatic rings. The van der Waals surface area contributed by atoms with Crippen molar-refractivity contribution in [1.29, 1.82) is 0 Å². The van der Waals surface area contributed by atoms with E-state index in [0.717, 1.165) is 17.8 Å². The van der Waals surface area contributed by atoms with Crippen LogP contribution in [0.15, 0.2) is 41.8 Å². The van der Waals surface area contributed by atoms with Gasteiger partial charge in [-0.05, 0) is 29.0 Å². The van der Waals surface area contributed by atoms with E-state index in [1.807, 2.05) is 34.5 Å². The number of hydrogen-bond acceptors (Lipinski definition) is 3. The fraction of sp³-hybridized carbons (Fsp3) is 0.333. The van der Waals surface area contributed by atoms with E-state index >= 15 is 0 Å². The summed E-state index contributed by atoms with van der Waals surface area (Å²) in [6.45, 7) is 2.89. The summed E-state index contributed by atoms with van der Waals surface area (Å²) in [6, 6.07) is 11.9. The van der Waals surface area contributed by atoms with Gasteiger partial charge >= 0.3 is 0 Å². The lowest BCUT2D eigenvalue weighted by molar-refractivity contribution is -0.132. The normalized spacial score (nSPS) is 14.9. The van der Waals surface area contributed by atoms with Crippen LogP contribution in [0.5, 0.6) is 0 Å². The third kappa shape index (κ3) is 3.79. The third-order valence-corrected chi connectivity index (χ3v) is 5.11. The smallest absolute Gasteiger partial charge is 0.225 e. The first-order valence-corrected chi connectivity index (χ1v) is 8.66. The maximum absolute atomic E-state index is 12.7. The number of benzene rings is 1. The summed E-state index contributed by atoms with van der Waals surface area (Å²) in [5.74, 6) is -0.0214. The van der Waals surface area contributed by atoms with Crippen molar-refractivity contribution < 1.29 is 9.59 Å². The first-order valence-electron chi connectivity index (χ1n) is 7.78. The Morgan fingerprint density at radius 3 is 2.70 bits per heavy atom. The summed E-state index contributed by atoms with van der Waals surface area (Å²) in [6.07, 6.45) is 1.20. The standard InChI is InChI=1S/C18H20N2O2S/c1-13(21)19-16(17-7-4-10-23-17)11-18(22)20-9-8-14-5-2-3-6-15(14)12-20/h2-7,10,16H,8-9,11-12H2,1H3,(H,19,21). The van der Waals surface area contributed by atoms with E-state index in [-0.39, 0.29) is 17.9 Å². The zero-order valence-electron chi connectivity index (χ0n) is 13.1. The van der Waals surface area contributed by atoms with Crippen LogP contribution in [0, 0.1) is 0 Å². The minimum absolute atomic E-state index is 0.0895. The van der Waals surface area contributed by atoms with Gasteiger partial charge in [0.15, 0.2) is 0 Å². The van der Waals surface area contributed by atoms with Crippen LogP contribution in [0.3, 0.4) is 0 Å². The van der Waals surface area contributed by atoms with Crippen LogP contribution in [0.1, 0.15) is 35.4 Å². The van der Waals surface area contributed by atoms with Crippen molar-refractivity contribution >= 4 is 23.2 Å². The van der Waals surface area contributed by atoms with E-state index < -0.39 is 0 Å². The highest BCUT2D eigenvalue weighted by atomic mass is 32.1. The maximum Gasteiger partial charge on any atom is 0.225 e. The fourth-order valence-corrected chi connectivity index (χ4v) is 3.75. The van der Waals surface area contributed by atoms with Gasteiger partial charge in [-0.3, -0.25) is 9.59 Å². The highest BCUT2D eigenvalue weighted by Gasteiger charge is 2.24. The summed E-state index contributed by atoms with van der Waals surface area (Å²) in [5.41, 5.74) is 2.55. The van der Waals surface area contributed by atoms with Crippen LogP contribution in [0.2, 0.25) is 0 Å². The molecular formula is C18H20N2O2S. The first kappa shape index (κ1) is 15.7. The van der Waals surface area contributed by atoms with Crippen LogP contribution in [0.4, 0.5) is 0 Å². The van der Waals surface area contributed by atoms with Crippen LogP contribution in [0.25, 0.3) is 0 Å². The van der Waals surface area contributed by atoms with E-state index in [1.165, 1.54) is 18.1 Å². The number of thiophene rings is 1. The highest BCUT2D eigenvalue weighted by Crippen LogP contribution is 2.25. The van der Waals surface area contributed by atoms with E-state index in [2.05, 4.69) is 17.4 Å². The van der Waals surface area contributed by atoms with Crippen LogP contribution < -0.4 is 5.32 Å². The molecule has 1 aromatic carbocycles. The van der Waals surface area contributed by atoms with Crippen LogP contribution in [-0.2, 0) is 22.6 Å². The second kappa shape index (κ2) is 6.96. The Bertz CT molecular complexity index is 697. The quantitative estimate of drug-likeness (QED) is 0.938. The molecule has 1 aromatic heterocycles. The number of fused-ring (bicyclic) bond motifs is 1. The molecule has 2 heterocycles. The Morgan fingerprint density at radius 2 is 2.00 bits per heavy atom. The number of hydrogen-bond donors (Lipinski definition) is 1. The van der Waals surface area contributed by atoms with Crippen molar-refractivity contribution in [3.63, 3.8) is 0 Å². The summed E-state index contributed by atoms with van der Waals surface area (Å²) in [4.78, 5) is 27.0. The highest BCUT2D eigenvalue weighted by molar-refractivity contribution is 7.10. The van der Waals surface area contributed by atoms with Crippen molar-refractivity contribution in [3.8, 4) is 0 Å². The molecule has 1 unspecified atom stereocenters. The minimum Gasteiger partial charge on any atom is -0.348 e. The summed E-state index contributed by atoms with van der Waals surface area (Å²) in [5, 5.41) is 4.86. The van der Waals surface area contributed by atoms with Gasteiger partial charge in [0.05, 0.1) is 12.5 Å². The van der Waals surface area contributed by atoms with Crippen molar-refractivity contribution in [1.82, 2.24) is 10.2 Å². The molecule has 2 amide bonds. The molecule has 0 radical (unpaired) electrons. The molecule has 0 spiro atoms. The maximum atomic E-state index is 12.7. The molecule has 1 aliphatic heterocycles. The molecule has 4 nitrogen and oxygen atoms in total. The van der Waals surface area contributed by atoms with Gasteiger partial charge in [0.1, 0.15) is 0 Å². The van der Waals surface area contributed by atoms with E-state index in [4.69, 9.17) is 0 Å². The zero-order chi connectivity index (χ0) is 16.2. The van der Waals surface area contributed by atoms with E-state index in [9.17, 15) is 9.59 Å². The monoisotopic (exact) mass is 328 g/mol. The Labute approximate surface area is 140 Å². The second-order valence-corrected chi connectivity index (χ2v) is 6.79. The molecule has 0 bridgehead atoms. The lowest BCUT2D eigenvalue weighted by Crippen LogP contribution is -2.38. The molecule has 1 N–H and O–H groups in total. The van der Waals surface area contributed by atoms with Gasteiger partial charge in [0.25, 0.3) is 0 Å². The SMILES string of the molecule is CC(=O)NC(CC(=O)N1CCc2ccccc2C1)c1cccs1.